The number of ether oxygens (including phenoxy) is 1. The number of hydrogen-bond donors (Lipinski definition) is 3. The number of H-pyrrole nitrogens is 1. The monoisotopic (exact) mass is 295 g/mol. The van der Waals surface area contributed by atoms with Gasteiger partial charge in [-0.25, -0.2) is 4.79 Å². The lowest BCUT2D eigenvalue weighted by atomic mass is 10.1. The van der Waals surface area contributed by atoms with Crippen LogP contribution in [0.15, 0.2) is 12.4 Å². The lowest BCUT2D eigenvalue weighted by Crippen LogP contribution is -2.49. The normalized spacial score (nSPS) is 14.2. The molecule has 6 nitrogen and oxygen atoms in total. The number of amides is 2. The van der Waals surface area contributed by atoms with Gasteiger partial charge in [0.15, 0.2) is 0 Å². The molecule has 0 aliphatic rings. The van der Waals surface area contributed by atoms with Crippen LogP contribution in [0.4, 0.5) is 4.79 Å². The molecule has 1 heterocycles. The molecular formula is C15H25N3O3. The predicted octanol–water partition coefficient (Wildman–Crippen LogP) is 2.35. The number of carbonyl (C=O) groups is 2. The zero-order valence-electron chi connectivity index (χ0n) is 13.5. The number of hydrogen-bond acceptors (Lipinski definition) is 3. The molecule has 1 aromatic rings. The van der Waals surface area contributed by atoms with Crippen molar-refractivity contribution < 1.29 is 14.3 Å². The summed E-state index contributed by atoms with van der Waals surface area (Å²) < 4.78 is 5.19. The van der Waals surface area contributed by atoms with Crippen LogP contribution < -0.4 is 10.6 Å². The van der Waals surface area contributed by atoms with Crippen molar-refractivity contribution in [2.75, 3.05) is 0 Å². The number of aryl methyl sites for hydroxylation is 1. The molecule has 3 N–H and O–H groups in total. The molecule has 0 aliphatic heterocycles. The zero-order valence-corrected chi connectivity index (χ0v) is 13.5. The molecule has 0 saturated heterocycles. The van der Waals surface area contributed by atoms with Gasteiger partial charge < -0.3 is 20.4 Å². The SMILES string of the molecule is Cc1c[nH]cc1C(=O)N[C@H](C)[C@@H](C)NC(=O)OC(C)(C)C. The topological polar surface area (TPSA) is 83.2 Å². The molecular weight excluding hydrogens is 270 g/mol. The maximum atomic E-state index is 12.1. The number of rotatable bonds is 4. The standard InChI is InChI=1S/C15H25N3O3/c1-9-7-16-8-12(9)13(19)17-10(2)11(3)18-14(20)21-15(4,5)6/h7-8,10-11,16H,1-6H3,(H,17,19)(H,18,20)/t10-,11-/m1/s1. The lowest BCUT2D eigenvalue weighted by molar-refractivity contribution is 0.0496. The molecule has 0 aliphatic carbocycles. The van der Waals surface area contributed by atoms with E-state index in [1.165, 1.54) is 0 Å². The number of carbonyl (C=O) groups excluding carboxylic acids is 2. The van der Waals surface area contributed by atoms with Gasteiger partial charge >= 0.3 is 6.09 Å². The fourth-order valence-corrected chi connectivity index (χ4v) is 1.71. The van der Waals surface area contributed by atoms with E-state index >= 15 is 0 Å². The van der Waals surface area contributed by atoms with Gasteiger partial charge in [0.1, 0.15) is 5.60 Å². The molecule has 1 rings (SSSR count). The lowest BCUT2D eigenvalue weighted by Gasteiger charge is -2.25. The minimum atomic E-state index is -0.543. The van der Waals surface area contributed by atoms with Gasteiger partial charge in [0, 0.05) is 24.5 Å². The molecule has 0 saturated carbocycles. The Labute approximate surface area is 125 Å². The van der Waals surface area contributed by atoms with Crippen molar-refractivity contribution in [1.29, 1.82) is 0 Å². The van der Waals surface area contributed by atoms with Gasteiger partial charge in [0.25, 0.3) is 5.91 Å². The maximum absolute atomic E-state index is 12.1. The van der Waals surface area contributed by atoms with Crippen LogP contribution in [0.5, 0.6) is 0 Å². The summed E-state index contributed by atoms with van der Waals surface area (Å²) in [6.07, 6.45) is 2.93. The summed E-state index contributed by atoms with van der Waals surface area (Å²) in [4.78, 5) is 26.7. The zero-order chi connectivity index (χ0) is 16.2. The molecule has 118 valence electrons. The molecule has 0 radical (unpaired) electrons. The Balaban J connectivity index is 2.51. The van der Waals surface area contributed by atoms with Gasteiger partial charge in [-0.2, -0.15) is 0 Å². The highest BCUT2D eigenvalue weighted by Gasteiger charge is 2.22. The van der Waals surface area contributed by atoms with Gasteiger partial charge in [-0.15, -0.1) is 0 Å². The van der Waals surface area contributed by atoms with Crippen LogP contribution >= 0.6 is 0 Å². The number of aromatic amines is 1. The Morgan fingerprint density at radius 3 is 2.19 bits per heavy atom. The van der Waals surface area contributed by atoms with Gasteiger partial charge in [-0.3, -0.25) is 4.79 Å². The first-order valence-corrected chi connectivity index (χ1v) is 7.04. The molecule has 0 bridgehead atoms. The largest absolute Gasteiger partial charge is 0.444 e. The third kappa shape index (κ3) is 5.49. The van der Waals surface area contributed by atoms with E-state index < -0.39 is 11.7 Å². The fourth-order valence-electron chi connectivity index (χ4n) is 1.71. The third-order valence-corrected chi connectivity index (χ3v) is 3.05. The Morgan fingerprint density at radius 1 is 1.14 bits per heavy atom. The van der Waals surface area contributed by atoms with E-state index in [-0.39, 0.29) is 18.0 Å². The Kier molecular flexibility index (Phi) is 5.41. The van der Waals surface area contributed by atoms with Gasteiger partial charge in [0.05, 0.1) is 5.56 Å². The van der Waals surface area contributed by atoms with E-state index in [1.807, 2.05) is 20.8 Å². The minimum absolute atomic E-state index is 0.168. The van der Waals surface area contributed by atoms with E-state index in [4.69, 9.17) is 4.74 Å². The molecule has 21 heavy (non-hydrogen) atoms. The molecule has 2 amide bonds. The maximum Gasteiger partial charge on any atom is 0.407 e. The summed E-state index contributed by atoms with van der Waals surface area (Å²) >= 11 is 0. The Morgan fingerprint density at radius 2 is 1.71 bits per heavy atom. The van der Waals surface area contributed by atoms with Gasteiger partial charge in [-0.05, 0) is 47.1 Å². The number of aromatic nitrogens is 1. The quantitative estimate of drug-likeness (QED) is 0.797. The van der Waals surface area contributed by atoms with Crippen LogP contribution in [0.1, 0.15) is 50.5 Å². The summed E-state index contributed by atoms with van der Waals surface area (Å²) in [7, 11) is 0. The van der Waals surface area contributed by atoms with Gasteiger partial charge in [0.2, 0.25) is 0 Å². The minimum Gasteiger partial charge on any atom is -0.444 e. The summed E-state index contributed by atoms with van der Waals surface area (Å²) in [5.74, 6) is -0.168. The second-order valence-electron chi connectivity index (χ2n) is 6.25. The van der Waals surface area contributed by atoms with E-state index in [0.717, 1.165) is 5.56 Å². The second kappa shape index (κ2) is 6.65. The Hall–Kier alpha value is -1.98. The van der Waals surface area contributed by atoms with Crippen LogP contribution in [-0.2, 0) is 4.74 Å². The first kappa shape index (κ1) is 17.1. The van der Waals surface area contributed by atoms with Crippen molar-refractivity contribution in [3.05, 3.63) is 23.5 Å². The summed E-state index contributed by atoms with van der Waals surface area (Å²) in [6, 6.07) is -0.470. The van der Waals surface area contributed by atoms with Crippen molar-refractivity contribution in [2.45, 2.75) is 59.2 Å². The van der Waals surface area contributed by atoms with Crippen molar-refractivity contribution in [2.24, 2.45) is 0 Å². The van der Waals surface area contributed by atoms with Crippen molar-refractivity contribution in [3.63, 3.8) is 0 Å². The summed E-state index contributed by atoms with van der Waals surface area (Å²) in [5.41, 5.74) is 0.942. The highest BCUT2D eigenvalue weighted by atomic mass is 16.6. The number of nitrogens with one attached hydrogen (secondary N) is 3. The summed E-state index contributed by atoms with van der Waals surface area (Å²) in [6.45, 7) is 10.9. The number of alkyl carbamates (subject to hydrolysis) is 1. The van der Waals surface area contributed by atoms with Crippen LogP contribution in [0.3, 0.4) is 0 Å². The van der Waals surface area contributed by atoms with E-state index in [1.54, 1.807) is 33.2 Å². The summed E-state index contributed by atoms with van der Waals surface area (Å²) in [5, 5.41) is 5.58. The van der Waals surface area contributed by atoms with Crippen molar-refractivity contribution in [3.8, 4) is 0 Å². The smallest absolute Gasteiger partial charge is 0.407 e. The van der Waals surface area contributed by atoms with Crippen molar-refractivity contribution in [1.82, 2.24) is 15.6 Å². The average Bonchev–Trinajstić information content (AvgIpc) is 2.72. The fraction of sp³-hybridized carbons (Fsp3) is 0.600. The molecule has 1 aromatic heterocycles. The average molecular weight is 295 g/mol. The first-order chi connectivity index (χ1) is 9.60. The molecule has 6 heteroatoms. The predicted molar refractivity (Wildman–Crippen MR) is 81.3 cm³/mol. The van der Waals surface area contributed by atoms with Crippen LogP contribution in [0.25, 0.3) is 0 Å². The van der Waals surface area contributed by atoms with E-state index in [2.05, 4.69) is 15.6 Å². The van der Waals surface area contributed by atoms with E-state index in [0.29, 0.717) is 5.56 Å². The molecule has 2 atom stereocenters. The highest BCUT2D eigenvalue weighted by molar-refractivity contribution is 5.95. The first-order valence-electron chi connectivity index (χ1n) is 7.04. The van der Waals surface area contributed by atoms with Crippen molar-refractivity contribution >= 4 is 12.0 Å². The second-order valence-corrected chi connectivity index (χ2v) is 6.25. The van der Waals surface area contributed by atoms with Crippen LogP contribution in [0, 0.1) is 6.92 Å². The van der Waals surface area contributed by atoms with Crippen LogP contribution in [-0.4, -0.2) is 34.7 Å². The van der Waals surface area contributed by atoms with Gasteiger partial charge in [-0.1, -0.05) is 0 Å². The molecule has 0 fully saturated rings. The molecule has 0 aromatic carbocycles. The molecule has 0 unspecified atom stereocenters. The third-order valence-electron chi connectivity index (χ3n) is 3.05. The Bertz CT molecular complexity index is 503. The highest BCUT2D eigenvalue weighted by Crippen LogP contribution is 2.08. The molecule has 0 spiro atoms. The van der Waals surface area contributed by atoms with E-state index in [9.17, 15) is 9.59 Å². The van der Waals surface area contributed by atoms with Crippen LogP contribution in [0.2, 0.25) is 0 Å².